The van der Waals surface area contributed by atoms with Gasteiger partial charge in [-0.15, -0.1) is 0 Å². The van der Waals surface area contributed by atoms with Gasteiger partial charge in [-0.25, -0.2) is 23.2 Å². The molecule has 0 aliphatic rings. The number of carbonyl (C=O) groups is 1. The number of nitrogens with zero attached hydrogens (tertiary/aromatic N) is 3. The summed E-state index contributed by atoms with van der Waals surface area (Å²) >= 11 is 0. The van der Waals surface area contributed by atoms with Crippen LogP contribution >= 0.6 is 0 Å². The Morgan fingerprint density at radius 2 is 1.85 bits per heavy atom. The van der Waals surface area contributed by atoms with Gasteiger partial charge in [0, 0.05) is 17.6 Å². The summed E-state index contributed by atoms with van der Waals surface area (Å²) < 4.78 is 30.2. The van der Waals surface area contributed by atoms with Gasteiger partial charge in [-0.05, 0) is 32.0 Å². The maximum absolute atomic E-state index is 12.8. The van der Waals surface area contributed by atoms with Crippen molar-refractivity contribution >= 4 is 21.8 Å². The summed E-state index contributed by atoms with van der Waals surface area (Å²) in [4.78, 5) is 19.1. The van der Waals surface area contributed by atoms with E-state index in [1.165, 1.54) is 24.3 Å². The molecule has 0 spiro atoms. The number of benzene rings is 1. The highest BCUT2D eigenvalue weighted by Gasteiger charge is 2.27. The van der Waals surface area contributed by atoms with Crippen molar-refractivity contribution < 1.29 is 17.9 Å². The second kappa shape index (κ2) is 7.76. The molecule has 134 valence electrons. The minimum Gasteiger partial charge on any atom is -0.465 e. The Kier molecular flexibility index (Phi) is 5.69. The lowest BCUT2D eigenvalue weighted by molar-refractivity contribution is 0.0596. The SMILES string of the molecule is COC(=O)c1ccccc1S(=O)(=O)/C(C#N)=C/Nc1nc(C)cc(C)n1. The second-order valence-electron chi connectivity index (χ2n) is 5.23. The monoisotopic (exact) mass is 372 g/mol. The molecule has 0 saturated heterocycles. The molecule has 0 atom stereocenters. The fourth-order valence-corrected chi connectivity index (χ4v) is 3.46. The van der Waals surface area contributed by atoms with Gasteiger partial charge in [-0.2, -0.15) is 5.26 Å². The van der Waals surface area contributed by atoms with Crippen LogP contribution in [-0.2, 0) is 14.6 Å². The minimum absolute atomic E-state index is 0.154. The molecule has 26 heavy (non-hydrogen) atoms. The number of aryl methyl sites for hydroxylation is 2. The number of hydrogen-bond donors (Lipinski definition) is 1. The molecular formula is C17H16N4O4S. The molecule has 0 amide bonds. The van der Waals surface area contributed by atoms with E-state index < -0.39 is 20.7 Å². The molecule has 9 heteroatoms. The van der Waals surface area contributed by atoms with Crippen molar-refractivity contribution in [2.75, 3.05) is 12.4 Å². The van der Waals surface area contributed by atoms with Crippen molar-refractivity contribution in [3.8, 4) is 6.07 Å². The number of nitriles is 1. The van der Waals surface area contributed by atoms with Crippen molar-refractivity contribution in [3.05, 3.63) is 58.4 Å². The van der Waals surface area contributed by atoms with Crippen LogP contribution in [0.3, 0.4) is 0 Å². The van der Waals surface area contributed by atoms with E-state index in [0.29, 0.717) is 11.4 Å². The van der Waals surface area contributed by atoms with E-state index in [4.69, 9.17) is 0 Å². The maximum atomic E-state index is 12.8. The first-order chi connectivity index (χ1) is 12.3. The van der Waals surface area contributed by atoms with Gasteiger partial charge >= 0.3 is 5.97 Å². The lowest BCUT2D eigenvalue weighted by Gasteiger charge is -2.08. The van der Waals surface area contributed by atoms with E-state index in [-0.39, 0.29) is 16.4 Å². The molecule has 1 heterocycles. The van der Waals surface area contributed by atoms with Crippen LogP contribution in [0.2, 0.25) is 0 Å². The van der Waals surface area contributed by atoms with Gasteiger partial charge in [0.05, 0.1) is 17.6 Å². The van der Waals surface area contributed by atoms with Crippen LogP contribution in [0.5, 0.6) is 0 Å². The quantitative estimate of drug-likeness (QED) is 0.625. The summed E-state index contributed by atoms with van der Waals surface area (Å²) in [5.74, 6) is -0.654. The number of esters is 1. The third kappa shape index (κ3) is 4.04. The number of sulfone groups is 1. The van der Waals surface area contributed by atoms with Crippen molar-refractivity contribution in [1.29, 1.82) is 5.26 Å². The van der Waals surface area contributed by atoms with Crippen LogP contribution in [0.15, 0.2) is 46.3 Å². The molecule has 0 unspecified atom stereocenters. The summed E-state index contributed by atoms with van der Waals surface area (Å²) in [6.45, 7) is 3.52. The Hall–Kier alpha value is -3.25. The number of nitrogens with one attached hydrogen (secondary N) is 1. The Morgan fingerprint density at radius 3 is 2.42 bits per heavy atom. The lowest BCUT2D eigenvalue weighted by Crippen LogP contribution is -2.13. The fraction of sp³-hybridized carbons (Fsp3) is 0.176. The predicted molar refractivity (Wildman–Crippen MR) is 93.8 cm³/mol. The highest BCUT2D eigenvalue weighted by atomic mass is 32.2. The highest BCUT2D eigenvalue weighted by Crippen LogP contribution is 2.23. The molecule has 2 aromatic rings. The van der Waals surface area contributed by atoms with E-state index in [2.05, 4.69) is 20.0 Å². The van der Waals surface area contributed by atoms with E-state index in [9.17, 15) is 18.5 Å². The van der Waals surface area contributed by atoms with Gasteiger partial charge < -0.3 is 10.1 Å². The molecule has 0 saturated carbocycles. The molecule has 0 aliphatic carbocycles. The van der Waals surface area contributed by atoms with E-state index in [1.54, 1.807) is 26.0 Å². The Balaban J connectivity index is 2.46. The normalized spacial score (nSPS) is 11.5. The van der Waals surface area contributed by atoms with Gasteiger partial charge in [0.1, 0.15) is 6.07 Å². The van der Waals surface area contributed by atoms with Crippen LogP contribution in [0.1, 0.15) is 21.7 Å². The summed E-state index contributed by atoms with van der Waals surface area (Å²) in [7, 11) is -3.10. The zero-order valence-corrected chi connectivity index (χ0v) is 15.2. The average Bonchev–Trinajstić information content (AvgIpc) is 2.60. The third-order valence-corrected chi connectivity index (χ3v) is 5.02. The van der Waals surface area contributed by atoms with E-state index in [0.717, 1.165) is 13.3 Å². The molecule has 1 aromatic heterocycles. The molecule has 0 fully saturated rings. The maximum Gasteiger partial charge on any atom is 0.339 e. The number of hydrogen-bond acceptors (Lipinski definition) is 8. The average molecular weight is 372 g/mol. The van der Waals surface area contributed by atoms with Gasteiger partial charge in [-0.1, -0.05) is 12.1 Å². The second-order valence-corrected chi connectivity index (χ2v) is 7.12. The Morgan fingerprint density at radius 1 is 1.23 bits per heavy atom. The van der Waals surface area contributed by atoms with Gasteiger partial charge in [0.15, 0.2) is 4.91 Å². The lowest BCUT2D eigenvalue weighted by atomic mass is 10.2. The summed E-state index contributed by atoms with van der Waals surface area (Å²) in [5.41, 5.74) is 1.22. The van der Waals surface area contributed by atoms with Crippen LogP contribution in [0.25, 0.3) is 0 Å². The number of carbonyl (C=O) groups excluding carboxylic acids is 1. The van der Waals surface area contributed by atoms with Crippen molar-refractivity contribution in [2.45, 2.75) is 18.7 Å². The van der Waals surface area contributed by atoms with Crippen molar-refractivity contribution in [3.63, 3.8) is 0 Å². The summed E-state index contributed by atoms with van der Waals surface area (Å²) in [6, 6.07) is 8.89. The minimum atomic E-state index is -4.25. The van der Waals surface area contributed by atoms with Crippen LogP contribution in [0.4, 0.5) is 5.95 Å². The topological polar surface area (TPSA) is 122 Å². The number of rotatable bonds is 5. The number of allylic oxidation sites excluding steroid dienone is 1. The number of anilines is 1. The van der Waals surface area contributed by atoms with E-state index >= 15 is 0 Å². The zero-order valence-electron chi connectivity index (χ0n) is 14.3. The van der Waals surface area contributed by atoms with Crippen LogP contribution < -0.4 is 5.32 Å². The fourth-order valence-electron chi connectivity index (χ4n) is 2.19. The van der Waals surface area contributed by atoms with Gasteiger partial charge in [-0.3, -0.25) is 0 Å². The molecular weight excluding hydrogens is 356 g/mol. The van der Waals surface area contributed by atoms with Crippen molar-refractivity contribution in [2.24, 2.45) is 0 Å². The molecule has 0 radical (unpaired) electrons. The van der Waals surface area contributed by atoms with Gasteiger partial charge in [0.2, 0.25) is 15.8 Å². The van der Waals surface area contributed by atoms with Crippen LogP contribution in [-0.4, -0.2) is 31.5 Å². The smallest absolute Gasteiger partial charge is 0.339 e. The van der Waals surface area contributed by atoms with E-state index in [1.807, 2.05) is 0 Å². The molecule has 2 rings (SSSR count). The molecule has 1 aromatic carbocycles. The van der Waals surface area contributed by atoms with Crippen LogP contribution in [0, 0.1) is 25.2 Å². The summed E-state index contributed by atoms with van der Waals surface area (Å²) in [5, 5.41) is 11.9. The first-order valence-corrected chi connectivity index (χ1v) is 8.89. The first-order valence-electron chi connectivity index (χ1n) is 7.41. The Bertz CT molecular complexity index is 1000. The largest absolute Gasteiger partial charge is 0.465 e. The Labute approximate surface area is 151 Å². The third-order valence-electron chi connectivity index (χ3n) is 3.30. The first kappa shape index (κ1) is 19.1. The van der Waals surface area contributed by atoms with Gasteiger partial charge in [0.25, 0.3) is 0 Å². The highest BCUT2D eigenvalue weighted by molar-refractivity contribution is 7.95. The molecule has 1 N–H and O–H groups in total. The molecule has 8 nitrogen and oxygen atoms in total. The summed E-state index contributed by atoms with van der Waals surface area (Å²) in [6.07, 6.45) is 0.998. The number of aromatic nitrogens is 2. The number of methoxy groups -OCH3 is 1. The van der Waals surface area contributed by atoms with Crippen molar-refractivity contribution in [1.82, 2.24) is 9.97 Å². The molecule has 0 aliphatic heterocycles. The predicted octanol–water partition coefficient (Wildman–Crippen LogP) is 2.13. The molecule has 0 bridgehead atoms. The standard InChI is InChI=1S/C17H16N4O4S/c1-11-8-12(2)21-17(20-11)19-10-13(9-18)26(23,24)15-7-5-4-6-14(15)16(22)25-3/h4-8,10H,1-3H3,(H,19,20,21)/b13-10+. The zero-order chi connectivity index (χ0) is 19.3. The number of ether oxygens (including phenoxy) is 1.